The molecule has 1 aromatic rings. The Labute approximate surface area is 106 Å². The van der Waals surface area contributed by atoms with Crippen LogP contribution in [0.15, 0.2) is 30.3 Å². The summed E-state index contributed by atoms with van der Waals surface area (Å²) in [5.41, 5.74) is 1.39. The molecule has 0 aromatic heterocycles. The van der Waals surface area contributed by atoms with Crippen LogP contribution in [0.3, 0.4) is 0 Å². The van der Waals surface area contributed by atoms with Gasteiger partial charge in [-0.05, 0) is 45.5 Å². The van der Waals surface area contributed by atoms with Gasteiger partial charge in [-0.1, -0.05) is 37.3 Å². The second-order valence-corrected chi connectivity index (χ2v) is 4.84. The first-order chi connectivity index (χ1) is 8.22. The van der Waals surface area contributed by atoms with Crippen LogP contribution in [0.1, 0.15) is 32.3 Å². The van der Waals surface area contributed by atoms with E-state index < -0.39 is 0 Å². The molecule has 0 spiro atoms. The number of nitrogens with zero attached hydrogens (tertiary/aromatic N) is 1. The van der Waals surface area contributed by atoms with Crippen molar-refractivity contribution < 1.29 is 0 Å². The van der Waals surface area contributed by atoms with Gasteiger partial charge in [0.25, 0.3) is 0 Å². The van der Waals surface area contributed by atoms with Crippen molar-refractivity contribution in [3.63, 3.8) is 0 Å². The normalized spacial score (nSPS) is 12.9. The van der Waals surface area contributed by atoms with Crippen LogP contribution >= 0.6 is 0 Å². The van der Waals surface area contributed by atoms with Gasteiger partial charge in [0.2, 0.25) is 0 Å². The summed E-state index contributed by atoms with van der Waals surface area (Å²) in [6.45, 7) is 7.78. The molecule has 0 saturated heterocycles. The summed E-state index contributed by atoms with van der Waals surface area (Å²) in [5, 5.41) is 3.52. The number of benzene rings is 1. The molecule has 0 heterocycles. The van der Waals surface area contributed by atoms with Gasteiger partial charge in [0.15, 0.2) is 0 Å². The molecule has 0 aliphatic rings. The molecule has 1 rings (SSSR count). The first-order valence-electron chi connectivity index (χ1n) is 6.68. The third-order valence-electron chi connectivity index (χ3n) is 3.12. The van der Waals surface area contributed by atoms with E-state index in [9.17, 15) is 0 Å². The van der Waals surface area contributed by atoms with E-state index in [1.807, 2.05) is 0 Å². The largest absolute Gasteiger partial charge is 0.314 e. The number of nitrogens with one attached hydrogen (secondary N) is 1. The molecule has 0 bridgehead atoms. The quantitative estimate of drug-likeness (QED) is 0.696. The highest BCUT2D eigenvalue weighted by atomic mass is 15.1. The lowest BCUT2D eigenvalue weighted by Crippen LogP contribution is -2.29. The summed E-state index contributed by atoms with van der Waals surface area (Å²) >= 11 is 0. The molecule has 0 aliphatic carbocycles. The van der Waals surface area contributed by atoms with Crippen LogP contribution in [0.2, 0.25) is 0 Å². The Morgan fingerprint density at radius 2 is 1.94 bits per heavy atom. The average molecular weight is 234 g/mol. The van der Waals surface area contributed by atoms with Crippen molar-refractivity contribution in [2.45, 2.75) is 39.3 Å². The van der Waals surface area contributed by atoms with E-state index in [4.69, 9.17) is 0 Å². The molecule has 96 valence electrons. The zero-order chi connectivity index (χ0) is 12.5. The molecular formula is C15H26N2. The van der Waals surface area contributed by atoms with Crippen LogP contribution in [0.5, 0.6) is 0 Å². The van der Waals surface area contributed by atoms with Gasteiger partial charge in [0, 0.05) is 12.6 Å². The molecule has 0 fully saturated rings. The molecule has 1 atom stereocenters. The van der Waals surface area contributed by atoms with Crippen molar-refractivity contribution in [2.75, 3.05) is 20.1 Å². The molecule has 0 aliphatic heterocycles. The van der Waals surface area contributed by atoms with E-state index in [2.05, 4.69) is 61.4 Å². The van der Waals surface area contributed by atoms with E-state index in [1.165, 1.54) is 18.4 Å². The molecule has 17 heavy (non-hydrogen) atoms. The highest BCUT2D eigenvalue weighted by molar-refractivity contribution is 5.14. The van der Waals surface area contributed by atoms with Crippen LogP contribution in [0.25, 0.3) is 0 Å². The second kappa shape index (κ2) is 8.26. The lowest BCUT2D eigenvalue weighted by atomic mass is 10.2. The minimum atomic E-state index is 0.648. The van der Waals surface area contributed by atoms with Crippen molar-refractivity contribution in [1.82, 2.24) is 10.2 Å². The summed E-state index contributed by atoms with van der Waals surface area (Å²) < 4.78 is 0. The van der Waals surface area contributed by atoms with Crippen LogP contribution in [0, 0.1) is 0 Å². The van der Waals surface area contributed by atoms with Gasteiger partial charge < -0.3 is 10.2 Å². The van der Waals surface area contributed by atoms with Gasteiger partial charge in [0.1, 0.15) is 0 Å². The molecule has 2 heteroatoms. The smallest absolute Gasteiger partial charge is 0.0230 e. The van der Waals surface area contributed by atoms with Crippen molar-refractivity contribution in [1.29, 1.82) is 0 Å². The maximum atomic E-state index is 3.52. The van der Waals surface area contributed by atoms with Gasteiger partial charge in [-0.2, -0.15) is 0 Å². The minimum Gasteiger partial charge on any atom is -0.314 e. The lowest BCUT2D eigenvalue weighted by Gasteiger charge is -2.17. The zero-order valence-corrected chi connectivity index (χ0v) is 11.4. The summed E-state index contributed by atoms with van der Waals surface area (Å²) in [4.78, 5) is 2.38. The molecule has 0 amide bonds. The number of hydrogen-bond acceptors (Lipinski definition) is 2. The standard InChI is InChI=1S/C15H26N2/c1-4-14(2)16-11-8-12-17(3)13-15-9-6-5-7-10-15/h5-7,9-10,14,16H,4,8,11-13H2,1-3H3. The minimum absolute atomic E-state index is 0.648. The lowest BCUT2D eigenvalue weighted by molar-refractivity contribution is 0.317. The SMILES string of the molecule is CCC(C)NCCCN(C)Cc1ccccc1. The summed E-state index contributed by atoms with van der Waals surface area (Å²) in [6, 6.07) is 11.3. The third kappa shape index (κ3) is 6.44. The van der Waals surface area contributed by atoms with E-state index >= 15 is 0 Å². The van der Waals surface area contributed by atoms with E-state index in [-0.39, 0.29) is 0 Å². The van der Waals surface area contributed by atoms with Crippen LogP contribution in [0.4, 0.5) is 0 Å². The van der Waals surface area contributed by atoms with Crippen molar-refractivity contribution >= 4 is 0 Å². The first kappa shape index (κ1) is 14.2. The summed E-state index contributed by atoms with van der Waals surface area (Å²) in [5.74, 6) is 0. The fraction of sp³-hybridized carbons (Fsp3) is 0.600. The highest BCUT2D eigenvalue weighted by Crippen LogP contribution is 2.02. The topological polar surface area (TPSA) is 15.3 Å². The van der Waals surface area contributed by atoms with E-state index in [0.717, 1.165) is 19.6 Å². The van der Waals surface area contributed by atoms with Gasteiger partial charge in [-0.15, -0.1) is 0 Å². The Morgan fingerprint density at radius 1 is 1.24 bits per heavy atom. The summed E-state index contributed by atoms with van der Waals surface area (Å²) in [7, 11) is 2.19. The van der Waals surface area contributed by atoms with Crippen molar-refractivity contribution in [3.8, 4) is 0 Å². The molecule has 0 saturated carbocycles. The Kier molecular flexibility index (Phi) is 6.90. The Morgan fingerprint density at radius 3 is 2.59 bits per heavy atom. The van der Waals surface area contributed by atoms with Gasteiger partial charge in [-0.25, -0.2) is 0 Å². The predicted octanol–water partition coefficient (Wildman–Crippen LogP) is 2.90. The maximum Gasteiger partial charge on any atom is 0.0230 e. The maximum absolute atomic E-state index is 3.52. The van der Waals surface area contributed by atoms with Gasteiger partial charge in [0.05, 0.1) is 0 Å². The second-order valence-electron chi connectivity index (χ2n) is 4.84. The van der Waals surface area contributed by atoms with Crippen molar-refractivity contribution in [3.05, 3.63) is 35.9 Å². The summed E-state index contributed by atoms with van der Waals surface area (Å²) in [6.07, 6.45) is 2.42. The Balaban J connectivity index is 2.11. The molecule has 0 radical (unpaired) electrons. The van der Waals surface area contributed by atoms with E-state index in [1.54, 1.807) is 0 Å². The molecule has 1 N–H and O–H groups in total. The fourth-order valence-electron chi connectivity index (χ4n) is 1.82. The fourth-order valence-corrected chi connectivity index (χ4v) is 1.82. The molecular weight excluding hydrogens is 208 g/mol. The molecule has 1 unspecified atom stereocenters. The Bertz CT molecular complexity index is 284. The first-order valence-corrected chi connectivity index (χ1v) is 6.68. The number of hydrogen-bond donors (Lipinski definition) is 1. The van der Waals surface area contributed by atoms with Crippen LogP contribution in [-0.4, -0.2) is 31.1 Å². The van der Waals surface area contributed by atoms with Gasteiger partial charge in [-0.3, -0.25) is 0 Å². The highest BCUT2D eigenvalue weighted by Gasteiger charge is 2.00. The van der Waals surface area contributed by atoms with Crippen molar-refractivity contribution in [2.24, 2.45) is 0 Å². The zero-order valence-electron chi connectivity index (χ0n) is 11.4. The average Bonchev–Trinajstić information content (AvgIpc) is 2.35. The van der Waals surface area contributed by atoms with Gasteiger partial charge >= 0.3 is 0 Å². The monoisotopic (exact) mass is 234 g/mol. The third-order valence-corrected chi connectivity index (χ3v) is 3.12. The van der Waals surface area contributed by atoms with E-state index in [0.29, 0.717) is 6.04 Å². The number of rotatable bonds is 8. The Hall–Kier alpha value is -0.860. The van der Waals surface area contributed by atoms with Crippen LogP contribution < -0.4 is 5.32 Å². The molecule has 2 nitrogen and oxygen atoms in total. The van der Waals surface area contributed by atoms with Crippen LogP contribution in [-0.2, 0) is 6.54 Å². The predicted molar refractivity (Wildman–Crippen MR) is 75.1 cm³/mol. The molecule has 1 aromatic carbocycles.